The largest absolute Gasteiger partial charge is 0.445 e. The van der Waals surface area contributed by atoms with Crippen LogP contribution in [-0.2, 0) is 27.4 Å². The van der Waals surface area contributed by atoms with Gasteiger partial charge in [0.05, 0.1) is 0 Å². The number of amides is 3. The van der Waals surface area contributed by atoms with Crippen LogP contribution in [0, 0.1) is 0 Å². The van der Waals surface area contributed by atoms with E-state index < -0.39 is 17.7 Å². The van der Waals surface area contributed by atoms with Crippen molar-refractivity contribution in [3.63, 3.8) is 0 Å². The van der Waals surface area contributed by atoms with Crippen LogP contribution in [0.2, 0.25) is 0 Å². The quantitative estimate of drug-likeness (QED) is 0.468. The van der Waals surface area contributed by atoms with E-state index in [0.29, 0.717) is 32.2 Å². The lowest BCUT2D eigenvalue weighted by Crippen LogP contribution is -2.74. The molecule has 2 aromatic carbocycles. The summed E-state index contributed by atoms with van der Waals surface area (Å²) in [6.07, 6.45) is 2.78. The van der Waals surface area contributed by atoms with E-state index in [4.69, 9.17) is 4.74 Å². The third-order valence-electron chi connectivity index (χ3n) is 7.64. The maximum absolute atomic E-state index is 13.6. The predicted octanol–water partition coefficient (Wildman–Crippen LogP) is 3.51. The number of likely N-dealkylation sites (tertiary alicyclic amines) is 1. The predicted molar refractivity (Wildman–Crippen MR) is 146 cm³/mol. The fourth-order valence-electron chi connectivity index (χ4n) is 5.60. The van der Waals surface area contributed by atoms with Crippen molar-refractivity contribution in [1.82, 2.24) is 20.4 Å². The number of alkyl carbamates (subject to hydrolysis) is 1. The van der Waals surface area contributed by atoms with Crippen LogP contribution < -0.4 is 10.6 Å². The van der Waals surface area contributed by atoms with Gasteiger partial charge in [-0.05, 0) is 57.1 Å². The van der Waals surface area contributed by atoms with E-state index in [0.717, 1.165) is 31.6 Å². The summed E-state index contributed by atoms with van der Waals surface area (Å²) in [4.78, 5) is 43.3. The fourth-order valence-corrected chi connectivity index (χ4v) is 5.60. The molecule has 4 rings (SSSR count). The molecule has 1 spiro atoms. The van der Waals surface area contributed by atoms with Crippen molar-refractivity contribution in [2.24, 2.45) is 0 Å². The van der Waals surface area contributed by atoms with E-state index >= 15 is 0 Å². The van der Waals surface area contributed by atoms with Crippen molar-refractivity contribution in [2.75, 3.05) is 26.2 Å². The van der Waals surface area contributed by atoms with Crippen LogP contribution in [0.3, 0.4) is 0 Å². The number of piperidine rings is 1. The van der Waals surface area contributed by atoms with E-state index in [2.05, 4.69) is 39.8 Å². The average Bonchev–Trinajstić information content (AvgIpc) is 2.93. The number of ether oxygens (including phenoxy) is 1. The summed E-state index contributed by atoms with van der Waals surface area (Å²) in [6, 6.07) is 19.3. The highest BCUT2D eigenvalue weighted by molar-refractivity contribution is 6.00. The topological polar surface area (TPSA) is 91.0 Å². The molecule has 1 atom stereocenters. The first-order valence-electron chi connectivity index (χ1n) is 13.7. The summed E-state index contributed by atoms with van der Waals surface area (Å²) in [6.45, 7) is 7.08. The fraction of sp³-hybridized carbons (Fsp3) is 0.500. The van der Waals surface area contributed by atoms with E-state index in [-0.39, 0.29) is 24.5 Å². The molecule has 8 heteroatoms. The van der Waals surface area contributed by atoms with Gasteiger partial charge in [-0.2, -0.15) is 0 Å². The molecule has 2 fully saturated rings. The Kier molecular flexibility index (Phi) is 9.39. The van der Waals surface area contributed by atoms with Gasteiger partial charge in [0.2, 0.25) is 11.8 Å². The van der Waals surface area contributed by atoms with Gasteiger partial charge in [-0.3, -0.25) is 9.59 Å². The first kappa shape index (κ1) is 27.6. The molecule has 0 aromatic heterocycles. The minimum Gasteiger partial charge on any atom is -0.445 e. The normalized spacial score (nSPS) is 19.4. The Morgan fingerprint density at radius 1 is 1.03 bits per heavy atom. The van der Waals surface area contributed by atoms with Crippen LogP contribution in [0.1, 0.15) is 50.7 Å². The summed E-state index contributed by atoms with van der Waals surface area (Å²) in [5.41, 5.74) is 1.44. The van der Waals surface area contributed by atoms with Crippen LogP contribution in [0.5, 0.6) is 0 Å². The first-order valence-corrected chi connectivity index (χ1v) is 13.7. The number of hydrogen-bond donors (Lipinski definition) is 2. The second-order valence-electron chi connectivity index (χ2n) is 10.6. The number of benzene rings is 2. The Labute approximate surface area is 225 Å². The summed E-state index contributed by atoms with van der Waals surface area (Å²) in [5, 5.41) is 5.76. The van der Waals surface area contributed by atoms with Crippen molar-refractivity contribution in [3.05, 3.63) is 71.8 Å². The Bertz CT molecular complexity index is 1070. The van der Waals surface area contributed by atoms with Crippen molar-refractivity contribution >= 4 is 17.9 Å². The summed E-state index contributed by atoms with van der Waals surface area (Å²) in [5.74, 6) is -0.0715. The van der Waals surface area contributed by atoms with Gasteiger partial charge in [0.1, 0.15) is 18.2 Å². The van der Waals surface area contributed by atoms with E-state index in [1.165, 1.54) is 5.56 Å². The van der Waals surface area contributed by atoms with Crippen LogP contribution >= 0.6 is 0 Å². The van der Waals surface area contributed by atoms with Gasteiger partial charge < -0.3 is 25.2 Å². The highest BCUT2D eigenvalue weighted by Crippen LogP contribution is 2.35. The maximum Gasteiger partial charge on any atom is 0.407 e. The van der Waals surface area contributed by atoms with Crippen molar-refractivity contribution < 1.29 is 19.1 Å². The third kappa shape index (κ3) is 6.72. The van der Waals surface area contributed by atoms with Crippen molar-refractivity contribution in [1.29, 1.82) is 0 Å². The van der Waals surface area contributed by atoms with Crippen LogP contribution in [0.15, 0.2) is 60.7 Å². The number of hydrogen-bond acceptors (Lipinski definition) is 5. The van der Waals surface area contributed by atoms with Gasteiger partial charge in [-0.25, -0.2) is 4.79 Å². The molecule has 2 N–H and O–H groups in total. The molecule has 0 radical (unpaired) electrons. The van der Waals surface area contributed by atoms with Crippen molar-refractivity contribution in [2.45, 2.75) is 70.2 Å². The molecule has 0 unspecified atom stereocenters. The van der Waals surface area contributed by atoms with Crippen LogP contribution in [-0.4, -0.2) is 71.5 Å². The highest BCUT2D eigenvalue weighted by Gasteiger charge is 2.54. The number of carbonyl (C=O) groups excluding carboxylic acids is 3. The van der Waals surface area contributed by atoms with Gasteiger partial charge in [0, 0.05) is 32.2 Å². The second-order valence-corrected chi connectivity index (χ2v) is 10.6. The minimum absolute atomic E-state index is 0.0241. The lowest BCUT2D eigenvalue weighted by molar-refractivity contribution is -0.164. The molecule has 2 saturated heterocycles. The average molecular weight is 521 g/mol. The molecule has 0 aliphatic carbocycles. The molecule has 204 valence electrons. The van der Waals surface area contributed by atoms with E-state index in [1.807, 2.05) is 55.1 Å². The number of rotatable bonds is 10. The number of nitrogens with one attached hydrogen (secondary N) is 2. The number of carbonyl (C=O) groups is 3. The third-order valence-corrected chi connectivity index (χ3v) is 7.64. The second kappa shape index (κ2) is 12.9. The Hall–Kier alpha value is -3.39. The molecule has 8 nitrogen and oxygen atoms in total. The molecule has 2 aliphatic heterocycles. The zero-order valence-electron chi connectivity index (χ0n) is 22.5. The maximum atomic E-state index is 13.6. The first-order chi connectivity index (χ1) is 18.4. The summed E-state index contributed by atoms with van der Waals surface area (Å²) in [7, 11) is 0. The van der Waals surface area contributed by atoms with Gasteiger partial charge >= 0.3 is 6.09 Å². The van der Waals surface area contributed by atoms with Gasteiger partial charge in [-0.1, -0.05) is 60.7 Å². The monoisotopic (exact) mass is 520 g/mol. The Balaban J connectivity index is 1.25. The molecule has 2 aliphatic rings. The zero-order chi connectivity index (χ0) is 27.0. The van der Waals surface area contributed by atoms with E-state index in [9.17, 15) is 14.4 Å². The molecule has 3 amide bonds. The Morgan fingerprint density at radius 2 is 1.66 bits per heavy atom. The number of nitrogens with zero attached hydrogens (tertiary/aromatic N) is 2. The summed E-state index contributed by atoms with van der Waals surface area (Å²) >= 11 is 0. The molecule has 0 bridgehead atoms. The lowest BCUT2D eigenvalue weighted by Gasteiger charge is -2.53. The van der Waals surface area contributed by atoms with Crippen LogP contribution in [0.4, 0.5) is 4.79 Å². The highest BCUT2D eigenvalue weighted by atomic mass is 16.5. The molecule has 0 saturated carbocycles. The SMILES string of the molecule is CC(C)N1C(=O)[C@H](CCCNC(=O)OCc2ccccc2)NC(=O)C12CCN(CCc1ccccc1)CC2. The minimum atomic E-state index is -0.787. The van der Waals surface area contributed by atoms with Gasteiger partial charge in [0.15, 0.2) is 0 Å². The number of piperazine rings is 1. The van der Waals surface area contributed by atoms with Gasteiger partial charge in [-0.15, -0.1) is 0 Å². The molecule has 2 aromatic rings. The lowest BCUT2D eigenvalue weighted by atomic mass is 9.80. The van der Waals surface area contributed by atoms with Crippen molar-refractivity contribution in [3.8, 4) is 0 Å². The molecule has 38 heavy (non-hydrogen) atoms. The Morgan fingerprint density at radius 3 is 2.29 bits per heavy atom. The van der Waals surface area contributed by atoms with E-state index in [1.54, 1.807) is 0 Å². The van der Waals surface area contributed by atoms with Gasteiger partial charge in [0.25, 0.3) is 0 Å². The zero-order valence-corrected chi connectivity index (χ0v) is 22.5. The molecule has 2 heterocycles. The summed E-state index contributed by atoms with van der Waals surface area (Å²) < 4.78 is 5.23. The molecular weight excluding hydrogens is 480 g/mol. The smallest absolute Gasteiger partial charge is 0.407 e. The van der Waals surface area contributed by atoms with Crippen LogP contribution in [0.25, 0.3) is 0 Å². The standard InChI is InChI=1S/C30H40N4O4/c1-23(2)34-27(35)26(14-9-18-31-29(37)38-22-25-12-7-4-8-13-25)32-28(36)30(34)16-20-33(21-17-30)19-15-24-10-5-3-6-11-24/h3-8,10-13,23,26H,9,14-22H2,1-2H3,(H,31,37)(H,32,36)/t26-/m0/s1. The molecular formula is C30H40N4O4.